The van der Waals surface area contributed by atoms with Gasteiger partial charge in [0.15, 0.2) is 5.96 Å². The second kappa shape index (κ2) is 12.2. The van der Waals surface area contributed by atoms with Crippen LogP contribution >= 0.6 is 0 Å². The lowest BCUT2D eigenvalue weighted by molar-refractivity contribution is 0.0322. The third kappa shape index (κ3) is 7.04. The van der Waals surface area contributed by atoms with Crippen molar-refractivity contribution < 1.29 is 9.47 Å². The molecule has 0 amide bonds. The van der Waals surface area contributed by atoms with Gasteiger partial charge in [0.1, 0.15) is 12.4 Å². The van der Waals surface area contributed by atoms with Crippen LogP contribution in [0.3, 0.4) is 0 Å². The molecule has 2 N–H and O–H groups in total. The topological polar surface area (TPSA) is 58.1 Å². The lowest BCUT2D eigenvalue weighted by Gasteiger charge is -2.26. The number of nitrogens with zero attached hydrogens (tertiary/aromatic N) is 2. The van der Waals surface area contributed by atoms with Crippen molar-refractivity contribution >= 4 is 5.96 Å². The number of aliphatic imine (C=N–C) groups is 1. The van der Waals surface area contributed by atoms with Crippen LogP contribution < -0.4 is 15.4 Å². The molecule has 1 atom stereocenters. The zero-order chi connectivity index (χ0) is 21.0. The first-order valence-corrected chi connectivity index (χ1v) is 10.8. The average Bonchev–Trinajstić information content (AvgIpc) is 2.81. The van der Waals surface area contributed by atoms with E-state index in [4.69, 9.17) is 9.47 Å². The number of para-hydroxylation sites is 1. The zero-order valence-corrected chi connectivity index (χ0v) is 18.1. The van der Waals surface area contributed by atoms with Crippen LogP contribution in [-0.4, -0.2) is 63.9 Å². The van der Waals surface area contributed by atoms with Crippen LogP contribution in [0.25, 0.3) is 0 Å². The summed E-state index contributed by atoms with van der Waals surface area (Å²) >= 11 is 0. The van der Waals surface area contributed by atoms with Gasteiger partial charge in [0.2, 0.25) is 0 Å². The van der Waals surface area contributed by atoms with Gasteiger partial charge >= 0.3 is 0 Å². The molecule has 2 aromatic rings. The molecular formula is C24H34N4O2. The molecule has 3 rings (SSSR count). The summed E-state index contributed by atoms with van der Waals surface area (Å²) in [5.74, 6) is 2.12. The maximum Gasteiger partial charge on any atom is 0.191 e. The number of morpholine rings is 1. The van der Waals surface area contributed by atoms with Gasteiger partial charge in [0.25, 0.3) is 0 Å². The highest BCUT2D eigenvalue weighted by Crippen LogP contribution is 2.18. The molecule has 2 aromatic carbocycles. The summed E-state index contributed by atoms with van der Waals surface area (Å²) in [7, 11) is 1.80. The first-order valence-electron chi connectivity index (χ1n) is 10.8. The molecule has 1 heterocycles. The number of ether oxygens (including phenoxy) is 2. The van der Waals surface area contributed by atoms with Gasteiger partial charge in [-0.3, -0.25) is 9.89 Å². The summed E-state index contributed by atoms with van der Waals surface area (Å²) in [6.07, 6.45) is 0. The van der Waals surface area contributed by atoms with Crippen LogP contribution in [0.5, 0.6) is 5.75 Å². The van der Waals surface area contributed by atoms with Crippen molar-refractivity contribution in [2.24, 2.45) is 4.99 Å². The van der Waals surface area contributed by atoms with E-state index in [1.807, 2.05) is 24.3 Å². The van der Waals surface area contributed by atoms with E-state index in [1.54, 1.807) is 7.05 Å². The van der Waals surface area contributed by atoms with Gasteiger partial charge in [-0.15, -0.1) is 0 Å². The quantitative estimate of drug-likeness (QED) is 0.492. The molecule has 0 bridgehead atoms. The third-order valence-corrected chi connectivity index (χ3v) is 5.36. The molecule has 0 aliphatic carbocycles. The van der Waals surface area contributed by atoms with Gasteiger partial charge in [-0.25, -0.2) is 0 Å². The van der Waals surface area contributed by atoms with Crippen LogP contribution in [0, 0.1) is 0 Å². The Hall–Kier alpha value is -2.57. The fourth-order valence-corrected chi connectivity index (χ4v) is 3.45. The van der Waals surface area contributed by atoms with Crippen LogP contribution in [0.2, 0.25) is 0 Å². The summed E-state index contributed by atoms with van der Waals surface area (Å²) in [5, 5.41) is 6.83. The van der Waals surface area contributed by atoms with Gasteiger partial charge in [0, 0.05) is 45.3 Å². The number of hydrogen-bond acceptors (Lipinski definition) is 4. The first kappa shape index (κ1) is 22.1. The standard InChI is InChI=1S/C24H34N4O2/c1-20(21-8-4-3-5-9-21)18-26-24(25-2)27-19-22-10-6-7-11-23(22)30-17-14-28-12-15-29-16-13-28/h3-11,20H,12-19H2,1-2H3,(H2,25,26,27). The Bertz CT molecular complexity index is 776. The molecule has 0 aromatic heterocycles. The predicted molar refractivity (Wildman–Crippen MR) is 122 cm³/mol. The van der Waals surface area contributed by atoms with E-state index >= 15 is 0 Å². The Morgan fingerprint density at radius 3 is 2.57 bits per heavy atom. The van der Waals surface area contributed by atoms with Gasteiger partial charge in [-0.1, -0.05) is 55.5 Å². The Balaban J connectivity index is 1.45. The molecule has 1 fully saturated rings. The van der Waals surface area contributed by atoms with E-state index in [2.05, 4.69) is 57.8 Å². The number of rotatable bonds is 9. The molecule has 0 saturated carbocycles. The van der Waals surface area contributed by atoms with E-state index in [1.165, 1.54) is 5.56 Å². The summed E-state index contributed by atoms with van der Waals surface area (Å²) in [6, 6.07) is 18.7. The Morgan fingerprint density at radius 1 is 1.07 bits per heavy atom. The molecule has 0 radical (unpaired) electrons. The summed E-state index contributed by atoms with van der Waals surface area (Å²) in [6.45, 7) is 8.89. The van der Waals surface area contributed by atoms with Crippen LogP contribution in [0.15, 0.2) is 59.6 Å². The lowest BCUT2D eigenvalue weighted by Crippen LogP contribution is -2.39. The molecule has 1 saturated heterocycles. The van der Waals surface area contributed by atoms with Gasteiger partial charge < -0.3 is 20.1 Å². The van der Waals surface area contributed by atoms with Crippen molar-refractivity contribution in [3.05, 3.63) is 65.7 Å². The van der Waals surface area contributed by atoms with Crippen LogP contribution in [0.4, 0.5) is 0 Å². The number of guanidine groups is 1. The fraction of sp³-hybridized carbons (Fsp3) is 0.458. The minimum atomic E-state index is 0.403. The lowest BCUT2D eigenvalue weighted by atomic mass is 10.0. The van der Waals surface area contributed by atoms with Gasteiger partial charge in [-0.2, -0.15) is 0 Å². The van der Waals surface area contributed by atoms with E-state index in [0.29, 0.717) is 19.1 Å². The largest absolute Gasteiger partial charge is 0.492 e. The Kier molecular flexibility index (Phi) is 9.00. The maximum atomic E-state index is 6.08. The van der Waals surface area contributed by atoms with Crippen molar-refractivity contribution in [2.45, 2.75) is 19.4 Å². The number of hydrogen-bond donors (Lipinski definition) is 2. The molecule has 6 heteroatoms. The first-order chi connectivity index (χ1) is 14.8. The molecule has 1 aliphatic heterocycles. The third-order valence-electron chi connectivity index (χ3n) is 5.36. The normalized spacial score (nSPS) is 16.1. The van der Waals surface area contributed by atoms with Crippen molar-refractivity contribution in [2.75, 3.05) is 53.0 Å². The zero-order valence-electron chi connectivity index (χ0n) is 18.1. The minimum Gasteiger partial charge on any atom is -0.492 e. The minimum absolute atomic E-state index is 0.403. The highest BCUT2D eigenvalue weighted by atomic mass is 16.5. The summed E-state index contributed by atoms with van der Waals surface area (Å²) in [4.78, 5) is 6.74. The second-order valence-electron chi connectivity index (χ2n) is 7.53. The highest BCUT2D eigenvalue weighted by Gasteiger charge is 2.11. The van der Waals surface area contributed by atoms with Crippen molar-refractivity contribution in [1.82, 2.24) is 15.5 Å². The van der Waals surface area contributed by atoms with Crippen molar-refractivity contribution in [3.8, 4) is 5.75 Å². The molecular weight excluding hydrogens is 376 g/mol. The van der Waals surface area contributed by atoms with E-state index in [9.17, 15) is 0 Å². The number of nitrogens with one attached hydrogen (secondary N) is 2. The fourth-order valence-electron chi connectivity index (χ4n) is 3.45. The maximum absolute atomic E-state index is 6.08. The smallest absolute Gasteiger partial charge is 0.191 e. The summed E-state index contributed by atoms with van der Waals surface area (Å²) < 4.78 is 11.5. The molecule has 30 heavy (non-hydrogen) atoms. The molecule has 1 unspecified atom stereocenters. The van der Waals surface area contributed by atoms with Crippen LogP contribution in [-0.2, 0) is 11.3 Å². The number of benzene rings is 2. The van der Waals surface area contributed by atoms with Crippen molar-refractivity contribution in [3.63, 3.8) is 0 Å². The predicted octanol–water partition coefficient (Wildman–Crippen LogP) is 2.87. The molecule has 0 spiro atoms. The van der Waals surface area contributed by atoms with E-state index < -0.39 is 0 Å². The van der Waals surface area contributed by atoms with Crippen molar-refractivity contribution in [1.29, 1.82) is 0 Å². The molecule has 162 valence electrons. The highest BCUT2D eigenvalue weighted by molar-refractivity contribution is 5.79. The SMILES string of the molecule is CN=C(NCc1ccccc1OCCN1CCOCC1)NCC(C)c1ccccc1. The Morgan fingerprint density at radius 2 is 1.80 bits per heavy atom. The molecule has 6 nitrogen and oxygen atoms in total. The average molecular weight is 411 g/mol. The van der Waals surface area contributed by atoms with Gasteiger partial charge in [-0.05, 0) is 17.5 Å². The van der Waals surface area contributed by atoms with E-state index in [0.717, 1.165) is 56.7 Å². The van der Waals surface area contributed by atoms with Gasteiger partial charge in [0.05, 0.1) is 13.2 Å². The van der Waals surface area contributed by atoms with Crippen LogP contribution in [0.1, 0.15) is 24.0 Å². The Labute approximate surface area is 180 Å². The summed E-state index contributed by atoms with van der Waals surface area (Å²) in [5.41, 5.74) is 2.44. The second-order valence-corrected chi connectivity index (χ2v) is 7.53. The van der Waals surface area contributed by atoms with E-state index in [-0.39, 0.29) is 0 Å². The monoisotopic (exact) mass is 410 g/mol. The molecule has 1 aliphatic rings.